The Morgan fingerprint density at radius 3 is 2.22 bits per heavy atom. The fourth-order valence-electron chi connectivity index (χ4n) is 1.47. The Balaban J connectivity index is 2.60. The molecule has 18 heavy (non-hydrogen) atoms. The highest BCUT2D eigenvalue weighted by Gasteiger charge is 2.12. The van der Waals surface area contributed by atoms with E-state index in [1.54, 1.807) is 0 Å². The molecule has 0 atom stereocenters. The number of nitrogens with zero attached hydrogens (tertiary/aromatic N) is 1. The fourth-order valence-corrected chi connectivity index (χ4v) is 1.47. The monoisotopic (exact) mass is 250 g/mol. The first kappa shape index (κ1) is 14.7. The molecule has 0 fully saturated rings. The van der Waals surface area contributed by atoms with Crippen LogP contribution in [0.3, 0.4) is 0 Å². The Kier molecular flexibility index (Phi) is 6.39. The fraction of sp³-hybridized carbons (Fsp3) is 0.500. The van der Waals surface area contributed by atoms with E-state index >= 15 is 0 Å². The smallest absolute Gasteiger partial charge is 0.216 e. The molecule has 100 valence electrons. The second-order valence-corrected chi connectivity index (χ2v) is 3.97. The summed E-state index contributed by atoms with van der Waals surface area (Å²) >= 11 is 0. The highest BCUT2D eigenvalue weighted by molar-refractivity contribution is 5.83. The van der Waals surface area contributed by atoms with E-state index in [9.17, 15) is 0 Å². The first-order valence-corrected chi connectivity index (χ1v) is 6.26. The van der Waals surface area contributed by atoms with Gasteiger partial charge in [-0.15, -0.1) is 0 Å². The summed E-state index contributed by atoms with van der Waals surface area (Å²) in [6.07, 6.45) is -0.537. The number of aliphatic imine (C=N–C) groups is 1. The molecule has 0 aliphatic rings. The van der Waals surface area contributed by atoms with Gasteiger partial charge in [-0.2, -0.15) is 0 Å². The van der Waals surface area contributed by atoms with Gasteiger partial charge in [-0.3, -0.25) is 4.99 Å². The van der Waals surface area contributed by atoms with Crippen LogP contribution in [-0.4, -0.2) is 25.3 Å². The molecule has 4 heteroatoms. The highest BCUT2D eigenvalue weighted by Crippen LogP contribution is 2.05. The molecule has 0 aliphatic heterocycles. The predicted molar refractivity (Wildman–Crippen MR) is 73.5 cm³/mol. The van der Waals surface area contributed by atoms with Crippen LogP contribution in [0.25, 0.3) is 0 Å². The third-order valence-electron chi connectivity index (χ3n) is 2.44. The number of hydrogen-bond acceptors (Lipinski definition) is 3. The van der Waals surface area contributed by atoms with Crippen molar-refractivity contribution in [2.24, 2.45) is 10.7 Å². The lowest BCUT2D eigenvalue weighted by Crippen LogP contribution is -2.34. The van der Waals surface area contributed by atoms with Crippen LogP contribution in [0.2, 0.25) is 0 Å². The molecule has 2 N–H and O–H groups in total. The first-order chi connectivity index (χ1) is 8.67. The minimum atomic E-state index is -0.537. The first-order valence-electron chi connectivity index (χ1n) is 6.26. The van der Waals surface area contributed by atoms with Gasteiger partial charge >= 0.3 is 0 Å². The molecule has 1 aromatic carbocycles. The summed E-state index contributed by atoms with van der Waals surface area (Å²) in [7, 11) is 0. The van der Waals surface area contributed by atoms with E-state index in [1.165, 1.54) is 5.56 Å². The molecule has 1 aromatic rings. The Hall–Kier alpha value is -1.39. The lowest BCUT2D eigenvalue weighted by Gasteiger charge is -2.16. The van der Waals surface area contributed by atoms with Gasteiger partial charge in [-0.1, -0.05) is 29.8 Å². The van der Waals surface area contributed by atoms with Gasteiger partial charge in [0.15, 0.2) is 5.84 Å². The van der Waals surface area contributed by atoms with Crippen molar-refractivity contribution in [2.75, 3.05) is 13.2 Å². The van der Waals surface area contributed by atoms with E-state index in [4.69, 9.17) is 15.2 Å². The average molecular weight is 250 g/mol. The van der Waals surface area contributed by atoms with E-state index in [1.807, 2.05) is 26.0 Å². The van der Waals surface area contributed by atoms with Crippen molar-refractivity contribution in [3.63, 3.8) is 0 Å². The van der Waals surface area contributed by atoms with Gasteiger partial charge in [-0.25, -0.2) is 0 Å². The zero-order valence-corrected chi connectivity index (χ0v) is 11.3. The van der Waals surface area contributed by atoms with Crippen molar-refractivity contribution >= 4 is 5.84 Å². The normalized spacial score (nSPS) is 12.1. The van der Waals surface area contributed by atoms with Gasteiger partial charge in [-0.05, 0) is 26.3 Å². The predicted octanol–water partition coefficient (Wildman–Crippen LogP) is 2.25. The van der Waals surface area contributed by atoms with Gasteiger partial charge < -0.3 is 15.2 Å². The molecule has 0 bridgehead atoms. The van der Waals surface area contributed by atoms with Crippen molar-refractivity contribution in [3.05, 3.63) is 35.4 Å². The van der Waals surface area contributed by atoms with E-state index < -0.39 is 6.29 Å². The van der Waals surface area contributed by atoms with Gasteiger partial charge in [0.2, 0.25) is 6.29 Å². The second kappa shape index (κ2) is 7.84. The molecule has 0 saturated heterocycles. The molecule has 0 heterocycles. The largest absolute Gasteiger partial charge is 0.383 e. The number of rotatable bonds is 7. The summed E-state index contributed by atoms with van der Waals surface area (Å²) in [4.78, 5) is 4.31. The summed E-state index contributed by atoms with van der Waals surface area (Å²) in [5, 5.41) is 0. The van der Waals surface area contributed by atoms with E-state index in [2.05, 4.69) is 24.0 Å². The maximum Gasteiger partial charge on any atom is 0.216 e. The number of amidine groups is 1. The number of benzene rings is 1. The van der Waals surface area contributed by atoms with Crippen molar-refractivity contribution in [1.82, 2.24) is 0 Å². The molecule has 0 saturated carbocycles. The van der Waals surface area contributed by atoms with Crippen LogP contribution < -0.4 is 5.73 Å². The minimum Gasteiger partial charge on any atom is -0.383 e. The standard InChI is InChI=1S/C14H22N2O2/c1-4-17-14(18-5-2)13(15)16-10-12-8-6-11(3)7-9-12/h6-9,14H,4-5,10H2,1-3H3,(H2,15,16). The quantitative estimate of drug-likeness (QED) is 0.459. The molecule has 0 unspecified atom stereocenters. The number of ether oxygens (including phenoxy) is 2. The summed E-state index contributed by atoms with van der Waals surface area (Å²) in [5.41, 5.74) is 8.22. The maximum absolute atomic E-state index is 5.87. The molecule has 0 amide bonds. The van der Waals surface area contributed by atoms with Gasteiger partial charge in [0, 0.05) is 13.2 Å². The Morgan fingerprint density at radius 2 is 1.72 bits per heavy atom. The molecular formula is C14H22N2O2. The molecule has 0 spiro atoms. The Bertz CT molecular complexity index is 368. The summed E-state index contributed by atoms with van der Waals surface area (Å²) in [6, 6.07) is 8.21. The summed E-state index contributed by atoms with van der Waals surface area (Å²) in [5.74, 6) is 0.388. The third kappa shape index (κ3) is 4.85. The zero-order valence-electron chi connectivity index (χ0n) is 11.3. The average Bonchev–Trinajstić information content (AvgIpc) is 2.37. The van der Waals surface area contributed by atoms with Crippen molar-refractivity contribution in [1.29, 1.82) is 0 Å². The molecule has 0 radical (unpaired) electrons. The summed E-state index contributed by atoms with van der Waals surface area (Å²) in [6.45, 7) is 7.50. The van der Waals surface area contributed by atoms with E-state index in [0.717, 1.165) is 5.56 Å². The topological polar surface area (TPSA) is 56.8 Å². The lowest BCUT2D eigenvalue weighted by molar-refractivity contribution is -0.0907. The van der Waals surface area contributed by atoms with Crippen molar-refractivity contribution in [2.45, 2.75) is 33.6 Å². The maximum atomic E-state index is 5.87. The Morgan fingerprint density at radius 1 is 1.17 bits per heavy atom. The van der Waals surface area contributed by atoms with E-state index in [0.29, 0.717) is 25.6 Å². The number of aryl methyl sites for hydroxylation is 1. The minimum absolute atomic E-state index is 0.388. The molecule has 0 aromatic heterocycles. The van der Waals surface area contributed by atoms with Crippen LogP contribution in [0.4, 0.5) is 0 Å². The van der Waals surface area contributed by atoms with Crippen molar-refractivity contribution in [3.8, 4) is 0 Å². The molecule has 1 rings (SSSR count). The van der Waals surface area contributed by atoms with Crippen LogP contribution in [0.15, 0.2) is 29.3 Å². The van der Waals surface area contributed by atoms with Crippen LogP contribution in [0.1, 0.15) is 25.0 Å². The van der Waals surface area contributed by atoms with Crippen molar-refractivity contribution < 1.29 is 9.47 Å². The molecular weight excluding hydrogens is 228 g/mol. The number of hydrogen-bond donors (Lipinski definition) is 1. The van der Waals surface area contributed by atoms with Crippen LogP contribution in [0.5, 0.6) is 0 Å². The molecule has 4 nitrogen and oxygen atoms in total. The number of nitrogens with two attached hydrogens (primary N) is 1. The SMILES string of the molecule is CCOC(OCC)C(N)=NCc1ccc(C)cc1. The lowest BCUT2D eigenvalue weighted by atomic mass is 10.1. The third-order valence-corrected chi connectivity index (χ3v) is 2.44. The second-order valence-electron chi connectivity index (χ2n) is 3.97. The molecule has 0 aliphatic carbocycles. The van der Waals surface area contributed by atoms with Gasteiger partial charge in [0.25, 0.3) is 0 Å². The summed E-state index contributed by atoms with van der Waals surface area (Å²) < 4.78 is 10.7. The van der Waals surface area contributed by atoms with Gasteiger partial charge in [0.1, 0.15) is 0 Å². The van der Waals surface area contributed by atoms with Crippen LogP contribution in [-0.2, 0) is 16.0 Å². The van der Waals surface area contributed by atoms with Gasteiger partial charge in [0.05, 0.1) is 6.54 Å². The van der Waals surface area contributed by atoms with E-state index in [-0.39, 0.29) is 0 Å². The van der Waals surface area contributed by atoms with Crippen LogP contribution in [0, 0.1) is 6.92 Å². The Labute approximate surface area is 109 Å². The highest BCUT2D eigenvalue weighted by atomic mass is 16.7. The van der Waals surface area contributed by atoms with Crippen LogP contribution >= 0.6 is 0 Å². The zero-order chi connectivity index (χ0) is 13.4.